The second-order valence-corrected chi connectivity index (χ2v) is 7.14. The van der Waals surface area contributed by atoms with E-state index in [-0.39, 0.29) is 11.3 Å². The average Bonchev–Trinajstić information content (AvgIpc) is 2.98. The quantitative estimate of drug-likeness (QED) is 0.717. The van der Waals surface area contributed by atoms with Gasteiger partial charge in [-0.1, -0.05) is 60.2 Å². The van der Waals surface area contributed by atoms with E-state index in [0.717, 1.165) is 40.2 Å². The fourth-order valence-corrected chi connectivity index (χ4v) is 4.25. The molecule has 0 saturated heterocycles. The highest BCUT2D eigenvalue weighted by atomic mass is 32.1. The first kappa shape index (κ1) is 14.4. The molecule has 0 atom stereocenters. The average molecular weight is 322 g/mol. The maximum absolute atomic E-state index is 13.2. The standard InChI is InChI=1S/C19H18N2OS/c1-21(18-20-15-10-5-6-11-16(15)23-18)17(22)19(12-7-13-19)14-8-3-2-4-9-14/h2-6,8-11H,7,12-13H2,1H3. The van der Waals surface area contributed by atoms with E-state index >= 15 is 0 Å². The van der Waals surface area contributed by atoms with Crippen LogP contribution in [0.5, 0.6) is 0 Å². The minimum Gasteiger partial charge on any atom is -0.290 e. The molecule has 0 unspecified atom stereocenters. The van der Waals surface area contributed by atoms with E-state index in [1.54, 1.807) is 16.2 Å². The van der Waals surface area contributed by atoms with Gasteiger partial charge in [0.2, 0.25) is 5.91 Å². The van der Waals surface area contributed by atoms with Crippen LogP contribution < -0.4 is 4.90 Å². The van der Waals surface area contributed by atoms with Gasteiger partial charge in [0.15, 0.2) is 5.13 Å². The molecule has 0 aliphatic heterocycles. The summed E-state index contributed by atoms with van der Waals surface area (Å²) in [6, 6.07) is 18.2. The Kier molecular flexibility index (Phi) is 3.42. The summed E-state index contributed by atoms with van der Waals surface area (Å²) in [6.07, 6.45) is 2.95. The summed E-state index contributed by atoms with van der Waals surface area (Å²) in [7, 11) is 1.85. The van der Waals surface area contributed by atoms with Crippen molar-refractivity contribution >= 4 is 32.6 Å². The third-order valence-corrected chi connectivity index (χ3v) is 5.93. The van der Waals surface area contributed by atoms with E-state index in [9.17, 15) is 4.79 Å². The minimum atomic E-state index is -0.367. The highest BCUT2D eigenvalue weighted by Gasteiger charge is 2.47. The molecule has 4 rings (SSSR count). The first-order valence-corrected chi connectivity index (χ1v) is 8.72. The minimum absolute atomic E-state index is 0.161. The van der Waals surface area contributed by atoms with Crippen LogP contribution in [0.2, 0.25) is 0 Å². The zero-order valence-electron chi connectivity index (χ0n) is 13.0. The number of anilines is 1. The van der Waals surface area contributed by atoms with Gasteiger partial charge in [-0.3, -0.25) is 9.69 Å². The van der Waals surface area contributed by atoms with Crippen LogP contribution in [0.3, 0.4) is 0 Å². The van der Waals surface area contributed by atoms with Gasteiger partial charge in [-0.05, 0) is 30.5 Å². The molecule has 0 spiro atoms. The summed E-state index contributed by atoms with van der Waals surface area (Å²) in [5, 5.41) is 0.776. The number of amides is 1. The molecule has 3 aromatic rings. The second-order valence-electron chi connectivity index (χ2n) is 6.13. The molecule has 1 heterocycles. The van der Waals surface area contributed by atoms with Crippen molar-refractivity contribution in [3.05, 3.63) is 60.2 Å². The molecule has 1 aliphatic rings. The highest BCUT2D eigenvalue weighted by molar-refractivity contribution is 7.22. The number of likely N-dealkylation sites (N-methyl/N-ethyl adjacent to an activating group) is 1. The number of aromatic nitrogens is 1. The predicted molar refractivity (Wildman–Crippen MR) is 95.0 cm³/mol. The molecule has 116 valence electrons. The van der Waals surface area contributed by atoms with Crippen LogP contribution in [0.25, 0.3) is 10.2 Å². The molecule has 0 N–H and O–H groups in total. The molecule has 2 aromatic carbocycles. The third kappa shape index (κ3) is 2.25. The lowest BCUT2D eigenvalue weighted by atomic mass is 9.63. The Labute approximate surface area is 139 Å². The van der Waals surface area contributed by atoms with E-state index < -0.39 is 0 Å². The van der Waals surface area contributed by atoms with Crippen LogP contribution in [0.1, 0.15) is 24.8 Å². The Hall–Kier alpha value is -2.20. The van der Waals surface area contributed by atoms with Gasteiger partial charge in [0.05, 0.1) is 15.6 Å². The molecule has 3 nitrogen and oxygen atoms in total. The normalized spacial score (nSPS) is 16.0. The highest BCUT2D eigenvalue weighted by Crippen LogP contribution is 2.46. The first-order chi connectivity index (χ1) is 11.2. The number of hydrogen-bond donors (Lipinski definition) is 0. The van der Waals surface area contributed by atoms with Crippen molar-refractivity contribution in [3.63, 3.8) is 0 Å². The van der Waals surface area contributed by atoms with Gasteiger partial charge in [0, 0.05) is 7.05 Å². The summed E-state index contributed by atoms with van der Waals surface area (Å²) < 4.78 is 1.12. The van der Waals surface area contributed by atoms with E-state index in [2.05, 4.69) is 17.1 Å². The molecule has 23 heavy (non-hydrogen) atoms. The monoisotopic (exact) mass is 322 g/mol. The van der Waals surface area contributed by atoms with Crippen molar-refractivity contribution < 1.29 is 4.79 Å². The Morgan fingerprint density at radius 3 is 2.43 bits per heavy atom. The maximum Gasteiger partial charge on any atom is 0.239 e. The second kappa shape index (κ2) is 5.46. The lowest BCUT2D eigenvalue weighted by Crippen LogP contribution is -2.50. The number of thiazole rings is 1. The van der Waals surface area contributed by atoms with Crippen molar-refractivity contribution in [2.24, 2.45) is 0 Å². The SMILES string of the molecule is CN(C(=O)C1(c2ccccc2)CCC1)c1nc2ccccc2s1. The smallest absolute Gasteiger partial charge is 0.239 e. The van der Waals surface area contributed by atoms with E-state index in [1.165, 1.54) is 0 Å². The summed E-state index contributed by atoms with van der Waals surface area (Å²) in [4.78, 5) is 19.6. The zero-order valence-corrected chi connectivity index (χ0v) is 13.8. The lowest BCUT2D eigenvalue weighted by molar-refractivity contribution is -0.126. The number of para-hydroxylation sites is 1. The molecule has 0 radical (unpaired) electrons. The summed E-state index contributed by atoms with van der Waals surface area (Å²) in [6.45, 7) is 0. The molecule has 1 aliphatic carbocycles. The zero-order chi connectivity index (χ0) is 15.9. The van der Waals surface area contributed by atoms with Gasteiger partial charge in [-0.25, -0.2) is 4.98 Å². The topological polar surface area (TPSA) is 33.2 Å². The number of benzene rings is 2. The number of fused-ring (bicyclic) bond motifs is 1. The number of nitrogens with zero attached hydrogens (tertiary/aromatic N) is 2. The fraction of sp³-hybridized carbons (Fsp3) is 0.263. The van der Waals surface area contributed by atoms with Gasteiger partial charge in [0.1, 0.15) is 0 Å². The fourth-order valence-electron chi connectivity index (χ4n) is 3.32. The van der Waals surface area contributed by atoms with Gasteiger partial charge in [0.25, 0.3) is 0 Å². The molecule has 1 aromatic heterocycles. The van der Waals surface area contributed by atoms with Gasteiger partial charge < -0.3 is 0 Å². The van der Waals surface area contributed by atoms with Crippen LogP contribution in [0.15, 0.2) is 54.6 Å². The molecular formula is C19H18N2OS. The molecule has 1 fully saturated rings. The first-order valence-electron chi connectivity index (χ1n) is 7.90. The Bertz CT molecular complexity index is 819. The van der Waals surface area contributed by atoms with Crippen molar-refractivity contribution in [1.82, 2.24) is 4.98 Å². The van der Waals surface area contributed by atoms with Gasteiger partial charge >= 0.3 is 0 Å². The molecule has 0 bridgehead atoms. The molecule has 4 heteroatoms. The predicted octanol–water partition coefficient (Wildman–Crippen LogP) is 4.38. The van der Waals surface area contributed by atoms with Crippen LogP contribution >= 0.6 is 11.3 Å². The molecule has 1 amide bonds. The van der Waals surface area contributed by atoms with Crippen LogP contribution in [0.4, 0.5) is 5.13 Å². The Morgan fingerprint density at radius 2 is 1.78 bits per heavy atom. The number of carbonyl (C=O) groups excluding carboxylic acids is 1. The summed E-state index contributed by atoms with van der Waals surface area (Å²) in [5.41, 5.74) is 1.71. The molecular weight excluding hydrogens is 304 g/mol. The largest absolute Gasteiger partial charge is 0.290 e. The van der Waals surface area contributed by atoms with Crippen molar-refractivity contribution in [1.29, 1.82) is 0 Å². The third-order valence-electron chi connectivity index (χ3n) is 4.82. The van der Waals surface area contributed by atoms with E-state index in [1.807, 2.05) is 49.5 Å². The lowest BCUT2D eigenvalue weighted by Gasteiger charge is -2.42. The number of hydrogen-bond acceptors (Lipinski definition) is 3. The maximum atomic E-state index is 13.2. The number of rotatable bonds is 3. The van der Waals surface area contributed by atoms with Crippen molar-refractivity contribution in [3.8, 4) is 0 Å². The van der Waals surface area contributed by atoms with E-state index in [4.69, 9.17) is 0 Å². The molecule has 1 saturated carbocycles. The van der Waals surface area contributed by atoms with Crippen LogP contribution in [0, 0.1) is 0 Å². The van der Waals surface area contributed by atoms with Crippen LogP contribution in [-0.4, -0.2) is 17.9 Å². The van der Waals surface area contributed by atoms with Crippen molar-refractivity contribution in [2.75, 3.05) is 11.9 Å². The Morgan fingerprint density at radius 1 is 1.09 bits per heavy atom. The van der Waals surface area contributed by atoms with Crippen LogP contribution in [-0.2, 0) is 10.2 Å². The van der Waals surface area contributed by atoms with Gasteiger partial charge in [-0.2, -0.15) is 0 Å². The van der Waals surface area contributed by atoms with Gasteiger partial charge in [-0.15, -0.1) is 0 Å². The summed E-state index contributed by atoms with van der Waals surface area (Å²) >= 11 is 1.57. The Balaban J connectivity index is 1.70. The summed E-state index contributed by atoms with van der Waals surface area (Å²) in [5.74, 6) is 0.161. The van der Waals surface area contributed by atoms with Crippen molar-refractivity contribution in [2.45, 2.75) is 24.7 Å². The van der Waals surface area contributed by atoms with E-state index in [0.29, 0.717) is 0 Å². The number of carbonyl (C=O) groups is 1.